The first-order chi connectivity index (χ1) is 9.65. The van der Waals surface area contributed by atoms with Gasteiger partial charge in [0.2, 0.25) is 5.91 Å². The molecule has 2 unspecified atom stereocenters. The summed E-state index contributed by atoms with van der Waals surface area (Å²) in [5.74, 6) is -0.754. The Balaban J connectivity index is 2.76. The highest BCUT2D eigenvalue weighted by Crippen LogP contribution is 2.32. The van der Waals surface area contributed by atoms with Gasteiger partial charge in [0.1, 0.15) is 5.75 Å². The summed E-state index contributed by atoms with van der Waals surface area (Å²) in [6.07, 6.45) is -3.82. The summed E-state index contributed by atoms with van der Waals surface area (Å²) >= 11 is 0. The van der Waals surface area contributed by atoms with E-state index in [9.17, 15) is 22.2 Å². The molecule has 0 spiro atoms. The summed E-state index contributed by atoms with van der Waals surface area (Å²) in [5, 5.41) is 2.25. The zero-order chi connectivity index (χ0) is 16.2. The van der Waals surface area contributed by atoms with Crippen molar-refractivity contribution in [2.45, 2.75) is 31.7 Å². The van der Waals surface area contributed by atoms with Crippen LogP contribution in [0.1, 0.15) is 25.8 Å². The van der Waals surface area contributed by atoms with Gasteiger partial charge in [-0.05, 0) is 24.6 Å². The van der Waals surface area contributed by atoms with Gasteiger partial charge in [-0.25, -0.2) is 0 Å². The van der Waals surface area contributed by atoms with Gasteiger partial charge >= 0.3 is 6.18 Å². The van der Waals surface area contributed by atoms with Crippen LogP contribution >= 0.6 is 0 Å². The topological polar surface area (TPSA) is 72.2 Å². The monoisotopic (exact) mass is 322 g/mol. The van der Waals surface area contributed by atoms with Crippen molar-refractivity contribution in [3.63, 3.8) is 0 Å². The lowest BCUT2D eigenvalue weighted by Gasteiger charge is -2.12. The molecule has 0 radical (unpaired) electrons. The minimum atomic E-state index is -4.49. The van der Waals surface area contributed by atoms with E-state index in [4.69, 9.17) is 5.73 Å². The van der Waals surface area contributed by atoms with Crippen LogP contribution in [0.4, 0.5) is 24.5 Å². The van der Waals surface area contributed by atoms with Crippen molar-refractivity contribution >= 4 is 28.1 Å². The van der Waals surface area contributed by atoms with Crippen molar-refractivity contribution in [2.24, 2.45) is 0 Å². The quantitative estimate of drug-likeness (QED) is 0.819. The van der Waals surface area contributed by atoms with E-state index in [-0.39, 0.29) is 22.4 Å². The maximum atomic E-state index is 12.5. The summed E-state index contributed by atoms with van der Waals surface area (Å²) in [5.41, 5.74) is 4.50. The molecular formula is C13H17F3N2O2S. The molecule has 1 aromatic rings. The van der Waals surface area contributed by atoms with Gasteiger partial charge in [0, 0.05) is 16.0 Å². The first-order valence-electron chi connectivity index (χ1n) is 6.29. The Bertz CT molecular complexity index is 547. The number of nitrogens with one attached hydrogen (secondary N) is 1. The standard InChI is InChI=1S/C13H17F3N2O2S/c1-3-8(2)21(20)7-12(19)18-11-5-4-9(6-10(11)17)13(14,15)16/h4-6,8H,3,7,17H2,1-2H3,(H,18,19). The Morgan fingerprint density at radius 1 is 1.43 bits per heavy atom. The van der Waals surface area contributed by atoms with Crippen LogP contribution in [0.15, 0.2) is 18.2 Å². The summed E-state index contributed by atoms with van der Waals surface area (Å²) < 4.78 is 49.2. The molecule has 21 heavy (non-hydrogen) atoms. The molecule has 0 heterocycles. The molecule has 1 rings (SSSR count). The fourth-order valence-electron chi connectivity index (χ4n) is 1.50. The molecule has 0 fully saturated rings. The number of carbonyl (C=O) groups is 1. The van der Waals surface area contributed by atoms with E-state index in [1.54, 1.807) is 6.92 Å². The van der Waals surface area contributed by atoms with Gasteiger partial charge in [0.05, 0.1) is 16.9 Å². The number of anilines is 2. The maximum absolute atomic E-state index is 12.5. The van der Waals surface area contributed by atoms with Crippen LogP contribution in [-0.4, -0.2) is 21.1 Å². The third kappa shape index (κ3) is 5.04. The van der Waals surface area contributed by atoms with Gasteiger partial charge in [-0.1, -0.05) is 13.8 Å². The van der Waals surface area contributed by atoms with Crippen LogP contribution in [0.25, 0.3) is 0 Å². The first-order valence-corrected chi connectivity index (χ1v) is 7.67. The minimum Gasteiger partial charge on any atom is -0.397 e. The normalized spacial score (nSPS) is 14.5. The van der Waals surface area contributed by atoms with Crippen LogP contribution in [0.5, 0.6) is 0 Å². The van der Waals surface area contributed by atoms with Crippen molar-refractivity contribution in [3.8, 4) is 0 Å². The molecule has 0 saturated heterocycles. The molecule has 3 N–H and O–H groups in total. The third-order valence-electron chi connectivity index (χ3n) is 2.95. The van der Waals surface area contributed by atoms with E-state index in [2.05, 4.69) is 5.32 Å². The molecule has 1 amide bonds. The molecule has 0 saturated carbocycles. The van der Waals surface area contributed by atoms with Gasteiger partial charge in [-0.3, -0.25) is 9.00 Å². The van der Waals surface area contributed by atoms with Crippen LogP contribution in [-0.2, 0) is 21.8 Å². The SMILES string of the molecule is CCC(C)S(=O)CC(=O)Nc1ccc(C(F)(F)F)cc1N. The van der Waals surface area contributed by atoms with Crippen LogP contribution in [0.3, 0.4) is 0 Å². The van der Waals surface area contributed by atoms with Crippen LogP contribution < -0.4 is 11.1 Å². The molecule has 0 aliphatic heterocycles. The smallest absolute Gasteiger partial charge is 0.397 e. The predicted molar refractivity (Wildman–Crippen MR) is 77.2 cm³/mol. The number of alkyl halides is 3. The molecule has 0 aromatic heterocycles. The number of hydrogen-bond acceptors (Lipinski definition) is 3. The Morgan fingerprint density at radius 2 is 2.05 bits per heavy atom. The highest BCUT2D eigenvalue weighted by molar-refractivity contribution is 7.86. The average Bonchev–Trinajstić information content (AvgIpc) is 2.38. The first kappa shape index (κ1) is 17.5. The number of hydrogen-bond donors (Lipinski definition) is 2. The highest BCUT2D eigenvalue weighted by atomic mass is 32.2. The third-order valence-corrected chi connectivity index (χ3v) is 4.73. The number of halogens is 3. The van der Waals surface area contributed by atoms with Gasteiger partial charge < -0.3 is 11.1 Å². The van der Waals surface area contributed by atoms with Crippen molar-refractivity contribution in [2.75, 3.05) is 16.8 Å². The summed E-state index contributed by atoms with van der Waals surface area (Å²) in [6.45, 7) is 3.62. The zero-order valence-electron chi connectivity index (χ0n) is 11.7. The lowest BCUT2D eigenvalue weighted by atomic mass is 10.1. The summed E-state index contributed by atoms with van der Waals surface area (Å²) in [6, 6.07) is 2.67. The van der Waals surface area contributed by atoms with E-state index in [0.29, 0.717) is 6.42 Å². The van der Waals surface area contributed by atoms with Crippen LogP contribution in [0, 0.1) is 0 Å². The average molecular weight is 322 g/mol. The second-order valence-electron chi connectivity index (χ2n) is 4.59. The second kappa shape index (κ2) is 6.93. The van der Waals surface area contributed by atoms with Crippen LogP contribution in [0.2, 0.25) is 0 Å². The number of benzene rings is 1. The fourth-order valence-corrected chi connectivity index (χ4v) is 2.48. The lowest BCUT2D eigenvalue weighted by molar-refractivity contribution is -0.137. The van der Waals surface area contributed by atoms with Gasteiger partial charge in [-0.2, -0.15) is 13.2 Å². The largest absolute Gasteiger partial charge is 0.416 e. The Hall–Kier alpha value is -1.57. The Labute approximate surface area is 123 Å². The molecule has 118 valence electrons. The van der Waals surface area contributed by atoms with E-state index in [0.717, 1.165) is 18.2 Å². The highest BCUT2D eigenvalue weighted by Gasteiger charge is 2.30. The Morgan fingerprint density at radius 3 is 2.52 bits per heavy atom. The van der Waals surface area contributed by atoms with E-state index in [1.165, 1.54) is 0 Å². The molecule has 2 atom stereocenters. The molecule has 8 heteroatoms. The number of carbonyl (C=O) groups excluding carboxylic acids is 1. The summed E-state index contributed by atoms with van der Waals surface area (Å²) in [4.78, 5) is 11.7. The predicted octanol–water partition coefficient (Wildman–Crippen LogP) is 2.77. The second-order valence-corrected chi connectivity index (χ2v) is 6.45. The molecular weight excluding hydrogens is 305 g/mol. The Kier molecular flexibility index (Phi) is 5.77. The summed E-state index contributed by atoms with van der Waals surface area (Å²) in [7, 11) is -1.33. The minimum absolute atomic E-state index is 0.0779. The number of nitrogen functional groups attached to an aromatic ring is 1. The van der Waals surface area contributed by atoms with Crippen molar-refractivity contribution < 1.29 is 22.2 Å². The zero-order valence-corrected chi connectivity index (χ0v) is 12.5. The number of nitrogens with two attached hydrogens (primary N) is 1. The molecule has 0 aliphatic carbocycles. The molecule has 0 bridgehead atoms. The molecule has 1 aromatic carbocycles. The molecule has 4 nitrogen and oxygen atoms in total. The van der Waals surface area contributed by atoms with Gasteiger partial charge in [-0.15, -0.1) is 0 Å². The van der Waals surface area contributed by atoms with E-state index < -0.39 is 28.4 Å². The van der Waals surface area contributed by atoms with E-state index >= 15 is 0 Å². The number of rotatable bonds is 5. The lowest BCUT2D eigenvalue weighted by Crippen LogP contribution is -2.24. The fraction of sp³-hybridized carbons (Fsp3) is 0.462. The number of amides is 1. The van der Waals surface area contributed by atoms with E-state index in [1.807, 2.05) is 6.92 Å². The van der Waals surface area contributed by atoms with Gasteiger partial charge in [0.15, 0.2) is 0 Å². The van der Waals surface area contributed by atoms with Gasteiger partial charge in [0.25, 0.3) is 0 Å². The maximum Gasteiger partial charge on any atom is 0.416 e. The van der Waals surface area contributed by atoms with Crippen molar-refractivity contribution in [3.05, 3.63) is 23.8 Å². The molecule has 0 aliphatic rings. The van der Waals surface area contributed by atoms with Crippen molar-refractivity contribution in [1.29, 1.82) is 0 Å². The van der Waals surface area contributed by atoms with Crippen molar-refractivity contribution in [1.82, 2.24) is 0 Å².